The molecule has 3 N–H and O–H groups in total. The fourth-order valence-electron chi connectivity index (χ4n) is 1.04. The molecule has 0 amide bonds. The molecule has 5 nitrogen and oxygen atoms in total. The second kappa shape index (κ2) is 5.29. The Balaban J connectivity index is 2.66. The van der Waals surface area contributed by atoms with Crippen LogP contribution in [0.3, 0.4) is 0 Å². The van der Waals surface area contributed by atoms with Crippen LogP contribution in [0.15, 0.2) is 29.2 Å². The fourth-order valence-corrected chi connectivity index (χ4v) is 1.67. The van der Waals surface area contributed by atoms with Gasteiger partial charge in [-0.1, -0.05) is 0 Å². The van der Waals surface area contributed by atoms with Gasteiger partial charge in [0.25, 0.3) is 0 Å². The highest BCUT2D eigenvalue weighted by molar-refractivity contribution is 7.90. The SMILES string of the molecule is CS(=O)(=O)c1ccc(OC[C@H](O)CN)cc1. The number of hydrogen-bond acceptors (Lipinski definition) is 5. The van der Waals surface area contributed by atoms with Crippen molar-refractivity contribution < 1.29 is 18.3 Å². The third-order valence-electron chi connectivity index (χ3n) is 1.97. The molecule has 6 heteroatoms. The second-order valence-corrected chi connectivity index (χ2v) is 5.46. The average molecular weight is 245 g/mol. The van der Waals surface area contributed by atoms with Gasteiger partial charge in [-0.05, 0) is 24.3 Å². The highest BCUT2D eigenvalue weighted by atomic mass is 32.2. The molecule has 0 radical (unpaired) electrons. The topological polar surface area (TPSA) is 89.6 Å². The van der Waals surface area contributed by atoms with Crippen LogP contribution >= 0.6 is 0 Å². The zero-order valence-electron chi connectivity index (χ0n) is 8.96. The van der Waals surface area contributed by atoms with Crippen LogP contribution in [0.25, 0.3) is 0 Å². The summed E-state index contributed by atoms with van der Waals surface area (Å²) in [5, 5.41) is 9.16. The lowest BCUT2D eigenvalue weighted by Gasteiger charge is -2.10. The summed E-state index contributed by atoms with van der Waals surface area (Å²) in [5.74, 6) is 0.500. The zero-order valence-corrected chi connectivity index (χ0v) is 9.78. The standard InChI is InChI=1S/C10H15NO4S/c1-16(13,14)10-4-2-9(3-5-10)15-7-8(12)6-11/h2-5,8,12H,6-7,11H2,1H3/t8-/m1/s1. The van der Waals surface area contributed by atoms with Gasteiger partial charge >= 0.3 is 0 Å². The normalized spacial score (nSPS) is 13.4. The summed E-state index contributed by atoms with van der Waals surface area (Å²) in [5.41, 5.74) is 5.21. The monoisotopic (exact) mass is 245 g/mol. The van der Waals surface area contributed by atoms with Crippen LogP contribution in [0.5, 0.6) is 5.75 Å². The molecule has 1 atom stereocenters. The molecule has 0 aliphatic heterocycles. The highest BCUT2D eigenvalue weighted by Gasteiger charge is 2.07. The lowest BCUT2D eigenvalue weighted by molar-refractivity contribution is 0.114. The van der Waals surface area contributed by atoms with Crippen LogP contribution in [-0.4, -0.2) is 39.0 Å². The summed E-state index contributed by atoms with van der Waals surface area (Å²) in [6, 6.07) is 6.00. The third-order valence-corrected chi connectivity index (χ3v) is 3.09. The van der Waals surface area contributed by atoms with E-state index in [9.17, 15) is 8.42 Å². The van der Waals surface area contributed by atoms with E-state index < -0.39 is 15.9 Å². The maximum absolute atomic E-state index is 11.2. The van der Waals surface area contributed by atoms with Gasteiger partial charge in [0.15, 0.2) is 9.84 Å². The maximum Gasteiger partial charge on any atom is 0.175 e. The third kappa shape index (κ3) is 3.80. The van der Waals surface area contributed by atoms with Crippen molar-refractivity contribution in [2.45, 2.75) is 11.0 Å². The van der Waals surface area contributed by atoms with Crippen molar-refractivity contribution in [2.24, 2.45) is 5.73 Å². The average Bonchev–Trinajstić information content (AvgIpc) is 2.25. The Morgan fingerprint density at radius 1 is 1.38 bits per heavy atom. The molecule has 0 spiro atoms. The lowest BCUT2D eigenvalue weighted by atomic mass is 10.3. The van der Waals surface area contributed by atoms with E-state index in [1.807, 2.05) is 0 Å². The number of benzene rings is 1. The van der Waals surface area contributed by atoms with Gasteiger partial charge in [-0.25, -0.2) is 8.42 Å². The predicted molar refractivity (Wildman–Crippen MR) is 60.1 cm³/mol. The van der Waals surface area contributed by atoms with Gasteiger partial charge < -0.3 is 15.6 Å². The Kier molecular flexibility index (Phi) is 4.28. The van der Waals surface area contributed by atoms with Crippen molar-refractivity contribution >= 4 is 9.84 Å². The minimum atomic E-state index is -3.18. The Bertz CT molecular complexity index is 427. The van der Waals surface area contributed by atoms with E-state index in [-0.39, 0.29) is 18.0 Å². The first-order chi connectivity index (χ1) is 7.43. The smallest absolute Gasteiger partial charge is 0.175 e. The Morgan fingerprint density at radius 2 is 1.94 bits per heavy atom. The van der Waals surface area contributed by atoms with Gasteiger partial charge in [0.1, 0.15) is 18.5 Å². The van der Waals surface area contributed by atoms with Crippen LogP contribution in [0.4, 0.5) is 0 Å². The van der Waals surface area contributed by atoms with Crippen molar-refractivity contribution in [3.63, 3.8) is 0 Å². The molecule has 0 aromatic heterocycles. The summed E-state index contributed by atoms with van der Waals surface area (Å²) < 4.78 is 27.5. The zero-order chi connectivity index (χ0) is 12.2. The molecule has 0 heterocycles. The number of ether oxygens (including phenoxy) is 1. The minimum absolute atomic E-state index is 0.0920. The van der Waals surface area contributed by atoms with E-state index in [1.54, 1.807) is 12.1 Å². The van der Waals surface area contributed by atoms with Gasteiger partial charge in [-0.2, -0.15) is 0 Å². The fraction of sp³-hybridized carbons (Fsp3) is 0.400. The molecular formula is C10H15NO4S. The van der Waals surface area contributed by atoms with Crippen molar-refractivity contribution in [1.82, 2.24) is 0 Å². The van der Waals surface area contributed by atoms with E-state index in [4.69, 9.17) is 15.6 Å². The van der Waals surface area contributed by atoms with Gasteiger partial charge in [0.05, 0.1) is 4.90 Å². The second-order valence-electron chi connectivity index (χ2n) is 3.44. The number of aliphatic hydroxyl groups excluding tert-OH is 1. The van der Waals surface area contributed by atoms with Crippen LogP contribution in [0, 0.1) is 0 Å². The number of nitrogens with two attached hydrogens (primary N) is 1. The molecule has 0 bridgehead atoms. The van der Waals surface area contributed by atoms with Crippen molar-refractivity contribution in [2.75, 3.05) is 19.4 Å². The molecule has 1 aromatic rings. The van der Waals surface area contributed by atoms with Crippen molar-refractivity contribution in [1.29, 1.82) is 0 Å². The number of aliphatic hydroxyl groups is 1. The molecule has 1 aromatic carbocycles. The number of sulfone groups is 1. The molecule has 16 heavy (non-hydrogen) atoms. The first-order valence-electron chi connectivity index (χ1n) is 4.74. The summed E-state index contributed by atoms with van der Waals surface area (Å²) in [6.07, 6.45) is 0.427. The molecule has 0 aliphatic rings. The van der Waals surface area contributed by atoms with Crippen LogP contribution < -0.4 is 10.5 Å². The molecule has 0 unspecified atom stereocenters. The van der Waals surface area contributed by atoms with Crippen LogP contribution in [0.1, 0.15) is 0 Å². The van der Waals surface area contributed by atoms with E-state index in [2.05, 4.69) is 0 Å². The summed E-state index contributed by atoms with van der Waals surface area (Å²) in [4.78, 5) is 0.235. The van der Waals surface area contributed by atoms with E-state index in [0.29, 0.717) is 5.75 Å². The summed E-state index contributed by atoms with van der Waals surface area (Å²) in [7, 11) is -3.18. The van der Waals surface area contributed by atoms with E-state index in [1.165, 1.54) is 12.1 Å². The molecule has 0 aliphatic carbocycles. The van der Waals surface area contributed by atoms with Crippen LogP contribution in [0.2, 0.25) is 0 Å². The minimum Gasteiger partial charge on any atom is -0.491 e. The molecule has 0 saturated heterocycles. The quantitative estimate of drug-likeness (QED) is 0.749. The number of hydrogen-bond donors (Lipinski definition) is 2. The van der Waals surface area contributed by atoms with E-state index >= 15 is 0 Å². The number of rotatable bonds is 5. The lowest BCUT2D eigenvalue weighted by Crippen LogP contribution is -2.26. The molecule has 1 rings (SSSR count). The summed E-state index contributed by atoms with van der Waals surface area (Å²) in [6.45, 7) is 0.218. The molecule has 0 saturated carbocycles. The first-order valence-corrected chi connectivity index (χ1v) is 6.63. The van der Waals surface area contributed by atoms with Gasteiger partial charge in [-0.15, -0.1) is 0 Å². The molecule has 0 fully saturated rings. The predicted octanol–water partition coefficient (Wildman–Crippen LogP) is -0.211. The van der Waals surface area contributed by atoms with Crippen LogP contribution in [-0.2, 0) is 9.84 Å². The van der Waals surface area contributed by atoms with Gasteiger partial charge in [0, 0.05) is 12.8 Å². The Hall–Kier alpha value is -1.11. The Morgan fingerprint density at radius 3 is 2.38 bits per heavy atom. The molecule has 90 valence electrons. The Labute approximate surface area is 94.8 Å². The van der Waals surface area contributed by atoms with Gasteiger partial charge in [0.2, 0.25) is 0 Å². The largest absolute Gasteiger partial charge is 0.491 e. The van der Waals surface area contributed by atoms with Crippen molar-refractivity contribution in [3.05, 3.63) is 24.3 Å². The highest BCUT2D eigenvalue weighted by Crippen LogP contribution is 2.15. The first kappa shape index (κ1) is 13.0. The van der Waals surface area contributed by atoms with E-state index in [0.717, 1.165) is 6.26 Å². The summed E-state index contributed by atoms with van der Waals surface area (Å²) >= 11 is 0. The molecular weight excluding hydrogens is 230 g/mol. The maximum atomic E-state index is 11.2. The van der Waals surface area contributed by atoms with Crippen molar-refractivity contribution in [3.8, 4) is 5.75 Å². The van der Waals surface area contributed by atoms with Gasteiger partial charge in [-0.3, -0.25) is 0 Å².